The molecule has 1 rings (SSSR count). The summed E-state index contributed by atoms with van der Waals surface area (Å²) < 4.78 is 66.6. The lowest BCUT2D eigenvalue weighted by molar-refractivity contribution is -0.0501. The van der Waals surface area contributed by atoms with Gasteiger partial charge in [-0.15, -0.1) is 0 Å². The molecule has 0 fully saturated rings. The molecule has 1 aromatic rings. The molecule has 0 aromatic carbocycles. The molecule has 0 radical (unpaired) electrons. The highest BCUT2D eigenvalue weighted by atomic mass is 35.5. The number of carbonyl (C=O) groups excluding carboxylic acids is 1. The van der Waals surface area contributed by atoms with E-state index in [1.165, 1.54) is 6.92 Å². The van der Waals surface area contributed by atoms with Crippen LogP contribution in [0.3, 0.4) is 0 Å². The van der Waals surface area contributed by atoms with Crippen LogP contribution in [-0.4, -0.2) is 32.0 Å². The molecular formula is C9H7ClF3NO5S. The minimum atomic E-state index is -5.96. The molecule has 6 nitrogen and oxygen atoms in total. The van der Waals surface area contributed by atoms with Gasteiger partial charge in [-0.05, 0) is 13.0 Å². The molecular weight excluding hydrogens is 327 g/mol. The van der Waals surface area contributed by atoms with Crippen molar-refractivity contribution in [2.45, 2.75) is 12.4 Å². The van der Waals surface area contributed by atoms with Crippen LogP contribution in [-0.2, 0) is 14.9 Å². The lowest BCUT2D eigenvalue weighted by atomic mass is 10.2. The molecule has 0 aliphatic heterocycles. The van der Waals surface area contributed by atoms with E-state index < -0.39 is 33.0 Å². The van der Waals surface area contributed by atoms with Gasteiger partial charge in [0.2, 0.25) is 5.88 Å². The van der Waals surface area contributed by atoms with Gasteiger partial charge in [-0.1, -0.05) is 11.6 Å². The highest BCUT2D eigenvalue weighted by molar-refractivity contribution is 7.87. The third-order valence-electron chi connectivity index (χ3n) is 1.99. The third kappa shape index (κ3) is 3.31. The molecule has 20 heavy (non-hydrogen) atoms. The Morgan fingerprint density at radius 2 is 1.95 bits per heavy atom. The minimum absolute atomic E-state index is 0.0216. The van der Waals surface area contributed by atoms with E-state index in [-0.39, 0.29) is 10.7 Å². The van der Waals surface area contributed by atoms with Crippen molar-refractivity contribution in [1.82, 2.24) is 4.98 Å². The molecule has 0 saturated heterocycles. The predicted octanol–water partition coefficient (Wildman–Crippen LogP) is 2.06. The normalized spacial score (nSPS) is 12.1. The molecule has 0 unspecified atom stereocenters. The maximum Gasteiger partial charge on any atom is 0.534 e. The maximum atomic E-state index is 12.2. The first-order valence-electron chi connectivity index (χ1n) is 4.76. The van der Waals surface area contributed by atoms with Gasteiger partial charge in [-0.3, -0.25) is 0 Å². The standard InChI is InChI=1S/C9H7ClF3NO5S/c1-4-6(10)3-5(8(15)18-2)7(14-4)19-20(16,17)9(11,12)13/h3H,1-2H3. The number of methoxy groups -OCH3 is 1. The Hall–Kier alpha value is -1.55. The van der Waals surface area contributed by atoms with Crippen LogP contribution in [0, 0.1) is 6.92 Å². The lowest BCUT2D eigenvalue weighted by Gasteiger charge is -2.12. The first-order chi connectivity index (χ1) is 8.99. The van der Waals surface area contributed by atoms with Gasteiger partial charge in [0, 0.05) is 0 Å². The summed E-state index contributed by atoms with van der Waals surface area (Å²) in [6, 6.07) is 0.900. The number of carbonyl (C=O) groups is 1. The third-order valence-corrected chi connectivity index (χ3v) is 3.32. The summed E-state index contributed by atoms with van der Waals surface area (Å²) in [5.74, 6) is -2.21. The van der Waals surface area contributed by atoms with Gasteiger partial charge in [0.25, 0.3) is 0 Å². The van der Waals surface area contributed by atoms with Gasteiger partial charge in [0.05, 0.1) is 17.8 Å². The number of nitrogens with zero attached hydrogens (tertiary/aromatic N) is 1. The Balaban J connectivity index is 3.38. The summed E-state index contributed by atoms with van der Waals surface area (Å²) >= 11 is 5.65. The van der Waals surface area contributed by atoms with Gasteiger partial charge in [0.1, 0.15) is 5.56 Å². The molecule has 0 saturated carbocycles. The van der Waals surface area contributed by atoms with Crippen molar-refractivity contribution in [2.24, 2.45) is 0 Å². The molecule has 0 N–H and O–H groups in total. The van der Waals surface area contributed by atoms with E-state index in [2.05, 4.69) is 13.9 Å². The quantitative estimate of drug-likeness (QED) is 0.478. The highest BCUT2D eigenvalue weighted by Crippen LogP contribution is 2.30. The number of ether oxygens (including phenoxy) is 1. The monoisotopic (exact) mass is 333 g/mol. The van der Waals surface area contributed by atoms with E-state index in [1.807, 2.05) is 0 Å². The smallest absolute Gasteiger partial charge is 0.465 e. The van der Waals surface area contributed by atoms with Crippen LogP contribution in [0.25, 0.3) is 0 Å². The van der Waals surface area contributed by atoms with Crippen LogP contribution >= 0.6 is 11.6 Å². The van der Waals surface area contributed by atoms with E-state index in [1.54, 1.807) is 0 Å². The Morgan fingerprint density at radius 3 is 2.40 bits per heavy atom. The molecule has 1 heterocycles. The SMILES string of the molecule is COC(=O)c1cc(Cl)c(C)nc1OS(=O)(=O)C(F)(F)F. The van der Waals surface area contributed by atoms with Gasteiger partial charge in [-0.25, -0.2) is 9.78 Å². The summed E-state index contributed by atoms with van der Waals surface area (Å²) in [5.41, 5.74) is -6.32. The number of esters is 1. The molecule has 0 atom stereocenters. The fraction of sp³-hybridized carbons (Fsp3) is 0.333. The fourth-order valence-corrected chi connectivity index (χ4v) is 1.61. The summed E-state index contributed by atoms with van der Waals surface area (Å²) in [5, 5.41) is -0.0674. The van der Waals surface area contributed by atoms with Crippen LogP contribution < -0.4 is 4.18 Å². The van der Waals surface area contributed by atoms with Crippen molar-refractivity contribution in [3.05, 3.63) is 22.3 Å². The summed E-state index contributed by atoms with van der Waals surface area (Å²) in [6.45, 7) is 1.29. The Bertz CT molecular complexity index is 644. The van der Waals surface area contributed by atoms with E-state index >= 15 is 0 Å². The molecule has 0 amide bonds. The highest BCUT2D eigenvalue weighted by Gasteiger charge is 2.49. The first kappa shape index (κ1) is 16.5. The number of rotatable bonds is 3. The zero-order valence-corrected chi connectivity index (χ0v) is 11.6. The summed E-state index contributed by atoms with van der Waals surface area (Å²) in [7, 11) is -5.02. The van der Waals surface area contributed by atoms with Crippen molar-refractivity contribution >= 4 is 27.7 Å². The summed E-state index contributed by atoms with van der Waals surface area (Å²) in [6.07, 6.45) is 0. The van der Waals surface area contributed by atoms with E-state index in [0.29, 0.717) is 0 Å². The van der Waals surface area contributed by atoms with Gasteiger partial charge in [0.15, 0.2) is 0 Å². The fourth-order valence-electron chi connectivity index (χ4n) is 1.03. The van der Waals surface area contributed by atoms with Crippen LogP contribution in [0.1, 0.15) is 16.1 Å². The lowest BCUT2D eigenvalue weighted by Crippen LogP contribution is -2.29. The Labute approximate surface area is 116 Å². The number of aryl methyl sites for hydroxylation is 1. The molecule has 0 bridgehead atoms. The zero-order valence-electron chi connectivity index (χ0n) is 9.99. The zero-order chi connectivity index (χ0) is 15.7. The van der Waals surface area contributed by atoms with Crippen molar-refractivity contribution in [3.63, 3.8) is 0 Å². The number of halogens is 4. The van der Waals surface area contributed by atoms with Crippen LogP contribution in [0.5, 0.6) is 5.88 Å². The van der Waals surface area contributed by atoms with Gasteiger partial charge < -0.3 is 8.92 Å². The Kier molecular flexibility index (Phi) is 4.49. The molecule has 112 valence electrons. The topological polar surface area (TPSA) is 82.6 Å². The largest absolute Gasteiger partial charge is 0.534 e. The predicted molar refractivity (Wildman–Crippen MR) is 60.9 cm³/mol. The average Bonchev–Trinajstić information content (AvgIpc) is 2.30. The Morgan fingerprint density at radius 1 is 1.40 bits per heavy atom. The molecule has 1 aromatic heterocycles. The van der Waals surface area contributed by atoms with Crippen LogP contribution in [0.2, 0.25) is 5.02 Å². The molecule has 0 spiro atoms. The number of alkyl halides is 3. The number of pyridine rings is 1. The molecule has 0 aliphatic rings. The van der Waals surface area contributed by atoms with E-state index in [4.69, 9.17) is 11.6 Å². The van der Waals surface area contributed by atoms with Crippen molar-refractivity contribution in [1.29, 1.82) is 0 Å². The van der Waals surface area contributed by atoms with Crippen molar-refractivity contribution in [2.75, 3.05) is 7.11 Å². The van der Waals surface area contributed by atoms with E-state index in [0.717, 1.165) is 13.2 Å². The van der Waals surface area contributed by atoms with Crippen molar-refractivity contribution < 1.29 is 35.3 Å². The second-order valence-corrected chi connectivity index (χ2v) is 5.33. The number of hydrogen-bond donors (Lipinski definition) is 0. The molecule has 0 aliphatic carbocycles. The van der Waals surface area contributed by atoms with E-state index in [9.17, 15) is 26.4 Å². The average molecular weight is 334 g/mol. The summed E-state index contributed by atoms with van der Waals surface area (Å²) in [4.78, 5) is 14.8. The van der Waals surface area contributed by atoms with Crippen molar-refractivity contribution in [3.8, 4) is 5.88 Å². The number of hydrogen-bond acceptors (Lipinski definition) is 6. The van der Waals surface area contributed by atoms with Gasteiger partial charge >= 0.3 is 21.6 Å². The van der Waals surface area contributed by atoms with Crippen LogP contribution in [0.4, 0.5) is 13.2 Å². The molecule has 11 heteroatoms. The van der Waals surface area contributed by atoms with Gasteiger partial charge in [-0.2, -0.15) is 21.6 Å². The first-order valence-corrected chi connectivity index (χ1v) is 6.54. The second-order valence-electron chi connectivity index (χ2n) is 3.38. The minimum Gasteiger partial charge on any atom is -0.465 e. The van der Waals surface area contributed by atoms with Crippen LogP contribution in [0.15, 0.2) is 6.07 Å². The second kappa shape index (κ2) is 5.44. The number of aromatic nitrogens is 1. The maximum absolute atomic E-state index is 12.2.